The third kappa shape index (κ3) is 3.30. The van der Waals surface area contributed by atoms with E-state index in [2.05, 4.69) is 32.7 Å². The van der Waals surface area contributed by atoms with Crippen molar-refractivity contribution in [1.82, 2.24) is 30.4 Å². The molecule has 19 heavy (non-hydrogen) atoms. The van der Waals surface area contributed by atoms with Gasteiger partial charge in [0.2, 0.25) is 0 Å². The van der Waals surface area contributed by atoms with Gasteiger partial charge in [-0.15, -0.1) is 5.10 Å². The van der Waals surface area contributed by atoms with Crippen LogP contribution in [0, 0.1) is 0 Å². The minimum Gasteiger partial charge on any atom is -0.313 e. The van der Waals surface area contributed by atoms with Gasteiger partial charge in [-0.1, -0.05) is 6.92 Å². The summed E-state index contributed by atoms with van der Waals surface area (Å²) in [5.74, 6) is 1.02. The fraction of sp³-hybridized carbons (Fsp3) is 0.923. The largest absolute Gasteiger partial charge is 0.313 e. The molecule has 1 aromatic rings. The fourth-order valence-corrected chi connectivity index (χ4v) is 2.88. The predicted octanol–water partition coefficient (Wildman–Crippen LogP) is 0.799. The summed E-state index contributed by atoms with van der Waals surface area (Å²) in [6.45, 7) is 6.30. The standard InChI is InChI=1S/C13H24N6/c1-2-8-19-13(15-16-17-19)10-18(12-5-6-12)9-11-4-3-7-14-11/h11-12,14H,2-10H2,1H3. The minimum atomic E-state index is 0.663. The molecule has 0 spiro atoms. The number of aromatic nitrogens is 4. The zero-order valence-electron chi connectivity index (χ0n) is 11.8. The number of nitrogens with zero attached hydrogens (tertiary/aromatic N) is 5. The first kappa shape index (κ1) is 13.0. The number of rotatable bonds is 7. The second kappa shape index (κ2) is 5.96. The lowest BCUT2D eigenvalue weighted by Gasteiger charge is -2.24. The second-order valence-electron chi connectivity index (χ2n) is 5.77. The van der Waals surface area contributed by atoms with E-state index in [0.717, 1.165) is 37.9 Å². The summed E-state index contributed by atoms with van der Waals surface area (Å²) in [4.78, 5) is 2.57. The molecule has 1 atom stereocenters. The summed E-state index contributed by atoms with van der Waals surface area (Å²) in [6.07, 6.45) is 6.37. The molecule has 1 saturated carbocycles. The van der Waals surface area contributed by atoms with Crippen molar-refractivity contribution in [3.63, 3.8) is 0 Å². The lowest BCUT2D eigenvalue weighted by atomic mass is 10.2. The van der Waals surface area contributed by atoms with Crippen molar-refractivity contribution in [3.05, 3.63) is 5.82 Å². The van der Waals surface area contributed by atoms with Crippen LogP contribution in [0.25, 0.3) is 0 Å². The van der Waals surface area contributed by atoms with Crippen molar-refractivity contribution < 1.29 is 0 Å². The van der Waals surface area contributed by atoms with E-state index in [1.165, 1.54) is 32.2 Å². The van der Waals surface area contributed by atoms with E-state index in [4.69, 9.17) is 0 Å². The molecule has 0 bridgehead atoms. The van der Waals surface area contributed by atoms with Crippen LogP contribution >= 0.6 is 0 Å². The van der Waals surface area contributed by atoms with Gasteiger partial charge in [-0.3, -0.25) is 4.90 Å². The Morgan fingerprint density at radius 2 is 2.26 bits per heavy atom. The Hall–Kier alpha value is -1.01. The molecule has 6 nitrogen and oxygen atoms in total. The van der Waals surface area contributed by atoms with Gasteiger partial charge < -0.3 is 5.32 Å². The first-order valence-electron chi connectivity index (χ1n) is 7.59. The fourth-order valence-electron chi connectivity index (χ4n) is 2.88. The van der Waals surface area contributed by atoms with Gasteiger partial charge in [-0.2, -0.15) is 0 Å². The zero-order valence-corrected chi connectivity index (χ0v) is 11.8. The molecule has 2 heterocycles. The van der Waals surface area contributed by atoms with Gasteiger partial charge in [0.1, 0.15) is 0 Å². The molecule has 1 saturated heterocycles. The average Bonchev–Trinajstić information content (AvgIpc) is 2.96. The Balaban J connectivity index is 1.61. The number of nitrogens with one attached hydrogen (secondary N) is 1. The number of hydrogen-bond acceptors (Lipinski definition) is 5. The summed E-state index contributed by atoms with van der Waals surface area (Å²) < 4.78 is 1.96. The lowest BCUT2D eigenvalue weighted by Crippen LogP contribution is -2.39. The molecule has 0 amide bonds. The Kier molecular flexibility index (Phi) is 4.08. The van der Waals surface area contributed by atoms with Gasteiger partial charge in [-0.05, 0) is 49.1 Å². The maximum atomic E-state index is 4.20. The van der Waals surface area contributed by atoms with E-state index in [-0.39, 0.29) is 0 Å². The molecular formula is C13H24N6. The van der Waals surface area contributed by atoms with Crippen LogP contribution < -0.4 is 5.32 Å². The maximum Gasteiger partial charge on any atom is 0.165 e. The molecule has 1 aliphatic heterocycles. The van der Waals surface area contributed by atoms with Crippen LogP contribution in [0.2, 0.25) is 0 Å². The van der Waals surface area contributed by atoms with Crippen LogP contribution in [0.15, 0.2) is 0 Å². The van der Waals surface area contributed by atoms with Crippen molar-refractivity contribution in [2.24, 2.45) is 0 Å². The molecule has 1 unspecified atom stereocenters. The molecule has 2 fully saturated rings. The highest BCUT2D eigenvalue weighted by Gasteiger charge is 2.32. The smallest absolute Gasteiger partial charge is 0.165 e. The van der Waals surface area contributed by atoms with Gasteiger partial charge >= 0.3 is 0 Å². The van der Waals surface area contributed by atoms with E-state index in [9.17, 15) is 0 Å². The van der Waals surface area contributed by atoms with E-state index in [1.54, 1.807) is 0 Å². The SMILES string of the molecule is CCCn1nnnc1CN(CC1CCCN1)C1CC1. The minimum absolute atomic E-state index is 0.663. The Morgan fingerprint density at radius 1 is 1.37 bits per heavy atom. The van der Waals surface area contributed by atoms with Crippen LogP contribution in [0.1, 0.15) is 44.9 Å². The molecule has 1 aliphatic carbocycles. The molecule has 1 N–H and O–H groups in total. The summed E-state index contributed by atoms with van der Waals surface area (Å²) in [7, 11) is 0. The zero-order chi connectivity index (χ0) is 13.1. The molecule has 0 radical (unpaired) electrons. The van der Waals surface area contributed by atoms with Crippen molar-refractivity contribution in [2.45, 2.75) is 64.2 Å². The normalized spacial score (nSPS) is 23.4. The molecule has 0 aromatic carbocycles. The number of hydrogen-bond donors (Lipinski definition) is 1. The second-order valence-corrected chi connectivity index (χ2v) is 5.77. The predicted molar refractivity (Wildman–Crippen MR) is 72.6 cm³/mol. The van der Waals surface area contributed by atoms with E-state index in [1.807, 2.05) is 4.68 Å². The highest BCUT2D eigenvalue weighted by molar-refractivity contribution is 4.92. The molecule has 3 rings (SSSR count). The monoisotopic (exact) mass is 264 g/mol. The molecule has 6 heteroatoms. The summed E-state index contributed by atoms with van der Waals surface area (Å²) in [6, 6.07) is 1.42. The van der Waals surface area contributed by atoms with Crippen molar-refractivity contribution >= 4 is 0 Å². The average molecular weight is 264 g/mol. The highest BCUT2D eigenvalue weighted by Crippen LogP contribution is 2.28. The van der Waals surface area contributed by atoms with Gasteiger partial charge in [0.25, 0.3) is 0 Å². The summed E-state index contributed by atoms with van der Waals surface area (Å²) in [5, 5.41) is 15.7. The van der Waals surface area contributed by atoms with Crippen molar-refractivity contribution in [2.75, 3.05) is 13.1 Å². The molecular weight excluding hydrogens is 240 g/mol. The van der Waals surface area contributed by atoms with Crippen LogP contribution in [-0.4, -0.2) is 50.3 Å². The van der Waals surface area contributed by atoms with Gasteiger partial charge in [-0.25, -0.2) is 4.68 Å². The highest BCUT2D eigenvalue weighted by atomic mass is 15.5. The van der Waals surface area contributed by atoms with Gasteiger partial charge in [0, 0.05) is 25.2 Å². The quantitative estimate of drug-likeness (QED) is 0.789. The first-order valence-corrected chi connectivity index (χ1v) is 7.59. The van der Waals surface area contributed by atoms with E-state index >= 15 is 0 Å². The molecule has 106 valence electrons. The van der Waals surface area contributed by atoms with Gasteiger partial charge in [0.15, 0.2) is 5.82 Å². The number of aryl methyl sites for hydroxylation is 1. The summed E-state index contributed by atoms with van der Waals surface area (Å²) in [5.41, 5.74) is 0. The maximum absolute atomic E-state index is 4.20. The lowest BCUT2D eigenvalue weighted by molar-refractivity contribution is 0.221. The summed E-state index contributed by atoms with van der Waals surface area (Å²) >= 11 is 0. The first-order chi connectivity index (χ1) is 9.36. The molecule has 1 aromatic heterocycles. The van der Waals surface area contributed by atoms with Crippen molar-refractivity contribution in [3.8, 4) is 0 Å². The molecule has 2 aliphatic rings. The van der Waals surface area contributed by atoms with Crippen LogP contribution in [0.3, 0.4) is 0 Å². The third-order valence-electron chi connectivity index (χ3n) is 4.07. The Labute approximate surface area is 114 Å². The van der Waals surface area contributed by atoms with E-state index in [0.29, 0.717) is 6.04 Å². The van der Waals surface area contributed by atoms with Crippen LogP contribution in [-0.2, 0) is 13.1 Å². The third-order valence-corrected chi connectivity index (χ3v) is 4.07. The van der Waals surface area contributed by atoms with Gasteiger partial charge in [0.05, 0.1) is 6.54 Å². The number of tetrazole rings is 1. The van der Waals surface area contributed by atoms with Crippen LogP contribution in [0.5, 0.6) is 0 Å². The van der Waals surface area contributed by atoms with Crippen LogP contribution in [0.4, 0.5) is 0 Å². The Morgan fingerprint density at radius 3 is 2.95 bits per heavy atom. The topological polar surface area (TPSA) is 58.9 Å². The Bertz CT molecular complexity index is 394. The van der Waals surface area contributed by atoms with E-state index < -0.39 is 0 Å². The van der Waals surface area contributed by atoms with Crippen molar-refractivity contribution in [1.29, 1.82) is 0 Å².